The zero-order valence-electron chi connectivity index (χ0n) is 20.2. The molecule has 0 spiro atoms. The molecular weight excluding hydrogens is 474 g/mol. The fourth-order valence-electron chi connectivity index (χ4n) is 4.62. The Hall–Kier alpha value is -4.06. The predicted molar refractivity (Wildman–Crippen MR) is 138 cm³/mol. The van der Waals surface area contributed by atoms with Crippen LogP contribution in [0.25, 0.3) is 11.2 Å². The number of likely N-dealkylation sites (N-methyl/N-ethyl adjacent to an activating group) is 1. The molecule has 0 aliphatic carbocycles. The molecule has 6 N–H and O–H groups in total. The summed E-state index contributed by atoms with van der Waals surface area (Å²) in [5, 5.41) is 27.0. The molecule has 0 bridgehead atoms. The Morgan fingerprint density at radius 1 is 1.05 bits per heavy atom. The summed E-state index contributed by atoms with van der Waals surface area (Å²) in [5.41, 5.74) is 9.03. The summed E-state index contributed by atoms with van der Waals surface area (Å²) >= 11 is 0. The van der Waals surface area contributed by atoms with Crippen LogP contribution in [0.2, 0.25) is 0 Å². The monoisotopic (exact) mass is 503 g/mol. The normalized spacial score (nSPS) is 21.4. The van der Waals surface area contributed by atoms with Crippen molar-refractivity contribution >= 4 is 28.8 Å². The number of nitrogen functional groups attached to an aromatic ring is 1. The average Bonchev–Trinajstić information content (AvgIpc) is 3.46. The molecule has 0 saturated carbocycles. The van der Waals surface area contributed by atoms with Crippen LogP contribution in [0.3, 0.4) is 0 Å². The van der Waals surface area contributed by atoms with Gasteiger partial charge in [0.25, 0.3) is 5.91 Å². The summed E-state index contributed by atoms with van der Waals surface area (Å²) in [6.07, 6.45) is -3.68. The maximum absolute atomic E-state index is 12.3. The molecule has 4 atom stereocenters. The Morgan fingerprint density at radius 3 is 2.32 bits per heavy atom. The number of fused-ring (bicyclic) bond motifs is 1. The lowest BCUT2D eigenvalue weighted by Gasteiger charge is -2.20. The molecule has 11 heteroatoms. The number of hydrogen-bond donors (Lipinski definition) is 5. The van der Waals surface area contributed by atoms with Gasteiger partial charge in [0.1, 0.15) is 12.2 Å². The van der Waals surface area contributed by atoms with Crippen LogP contribution in [0.5, 0.6) is 0 Å². The van der Waals surface area contributed by atoms with Crippen molar-refractivity contribution < 1.29 is 19.7 Å². The number of benzene rings is 2. The predicted octanol–water partition coefficient (Wildman–Crippen LogP) is 1.41. The molecule has 1 fully saturated rings. The van der Waals surface area contributed by atoms with Gasteiger partial charge in [-0.25, -0.2) is 4.98 Å². The molecule has 1 aliphatic rings. The van der Waals surface area contributed by atoms with Gasteiger partial charge in [-0.15, -0.1) is 0 Å². The molecule has 1 amide bonds. The highest BCUT2D eigenvalue weighted by atomic mass is 16.6. The van der Waals surface area contributed by atoms with Crippen LogP contribution in [0.15, 0.2) is 67.0 Å². The van der Waals surface area contributed by atoms with Gasteiger partial charge >= 0.3 is 0 Å². The molecule has 192 valence electrons. The number of ether oxygens (including phenoxy) is 1. The Labute approximate surface area is 213 Å². The van der Waals surface area contributed by atoms with Crippen LogP contribution in [-0.2, 0) is 9.53 Å². The number of aliphatic hydroxyl groups excluding tert-OH is 2. The topological polar surface area (TPSA) is 160 Å². The number of imidazole rings is 1. The summed E-state index contributed by atoms with van der Waals surface area (Å²) in [4.78, 5) is 25.4. The molecule has 11 nitrogen and oxygen atoms in total. The first-order valence-corrected chi connectivity index (χ1v) is 12.1. The van der Waals surface area contributed by atoms with Gasteiger partial charge in [-0.1, -0.05) is 60.7 Å². The van der Waals surface area contributed by atoms with Crippen molar-refractivity contribution in [3.8, 4) is 0 Å². The number of carbonyl (C=O) groups excluding carboxylic acids is 1. The lowest BCUT2D eigenvalue weighted by atomic mass is 9.91. The number of aliphatic hydroxyl groups is 2. The minimum Gasteiger partial charge on any atom is -0.387 e. The molecule has 4 aromatic rings. The third-order valence-corrected chi connectivity index (χ3v) is 6.44. The van der Waals surface area contributed by atoms with Crippen LogP contribution in [-0.4, -0.2) is 67.0 Å². The zero-order chi connectivity index (χ0) is 25.9. The Kier molecular flexibility index (Phi) is 6.99. The van der Waals surface area contributed by atoms with Crippen LogP contribution in [0.4, 0.5) is 11.8 Å². The van der Waals surface area contributed by atoms with Gasteiger partial charge in [0, 0.05) is 19.0 Å². The van der Waals surface area contributed by atoms with E-state index >= 15 is 0 Å². The standard InChI is InChI=1S/C26H29N7O4/c1-2-28-24(36)21-19(34)20(35)25(37-21)33-14-30-18-22(31-26(27)32-23(18)33)29-13-17(15-9-5-3-6-10-15)16-11-7-4-8-12-16/h3-12,14,17,19-21,25,34-35H,2,13H2,1H3,(H,28,36)(H3,27,29,31,32)/t19-,20+,21-,25+/m0/s1. The highest BCUT2D eigenvalue weighted by molar-refractivity contribution is 5.84. The first-order chi connectivity index (χ1) is 18.0. The maximum Gasteiger partial charge on any atom is 0.252 e. The second-order valence-electron chi connectivity index (χ2n) is 8.83. The zero-order valence-corrected chi connectivity index (χ0v) is 20.2. The number of rotatable bonds is 8. The summed E-state index contributed by atoms with van der Waals surface area (Å²) in [6, 6.07) is 20.3. The van der Waals surface area contributed by atoms with E-state index in [0.717, 1.165) is 11.1 Å². The molecule has 1 saturated heterocycles. The highest BCUT2D eigenvalue weighted by Crippen LogP contribution is 2.33. The first-order valence-electron chi connectivity index (χ1n) is 12.1. The fourth-order valence-corrected chi connectivity index (χ4v) is 4.62. The van der Waals surface area contributed by atoms with Gasteiger partial charge in [0.15, 0.2) is 29.3 Å². The van der Waals surface area contributed by atoms with Crippen molar-refractivity contribution in [2.75, 3.05) is 24.1 Å². The van der Waals surface area contributed by atoms with E-state index in [2.05, 4.69) is 49.9 Å². The molecular formula is C26H29N7O4. The molecule has 5 rings (SSSR count). The van der Waals surface area contributed by atoms with Crippen LogP contribution in [0, 0.1) is 0 Å². The van der Waals surface area contributed by atoms with E-state index in [-0.39, 0.29) is 11.9 Å². The Bertz CT molecular complexity index is 1330. The van der Waals surface area contributed by atoms with Gasteiger partial charge in [-0.2, -0.15) is 9.97 Å². The van der Waals surface area contributed by atoms with Crippen molar-refractivity contribution in [1.29, 1.82) is 0 Å². The number of aromatic nitrogens is 4. The van der Waals surface area contributed by atoms with E-state index < -0.39 is 30.4 Å². The number of nitrogens with one attached hydrogen (secondary N) is 2. The number of anilines is 2. The minimum absolute atomic E-state index is 0.000957. The van der Waals surface area contributed by atoms with E-state index in [9.17, 15) is 15.0 Å². The Balaban J connectivity index is 1.44. The van der Waals surface area contributed by atoms with Gasteiger partial charge in [-0.05, 0) is 18.1 Å². The van der Waals surface area contributed by atoms with Gasteiger partial charge < -0.3 is 31.3 Å². The largest absolute Gasteiger partial charge is 0.387 e. The van der Waals surface area contributed by atoms with E-state index in [1.165, 1.54) is 10.9 Å². The lowest BCUT2D eigenvalue weighted by molar-refractivity contribution is -0.137. The van der Waals surface area contributed by atoms with Crippen LogP contribution in [0.1, 0.15) is 30.2 Å². The summed E-state index contributed by atoms with van der Waals surface area (Å²) in [6.45, 7) is 2.63. The van der Waals surface area contributed by atoms with Crippen LogP contribution < -0.4 is 16.4 Å². The molecule has 0 unspecified atom stereocenters. The molecule has 1 aliphatic heterocycles. The van der Waals surface area contributed by atoms with Crippen molar-refractivity contribution in [2.24, 2.45) is 0 Å². The second kappa shape index (κ2) is 10.5. The third kappa shape index (κ3) is 4.84. The van der Waals surface area contributed by atoms with Crippen molar-refractivity contribution in [2.45, 2.75) is 37.4 Å². The van der Waals surface area contributed by atoms with Gasteiger partial charge in [0.2, 0.25) is 5.95 Å². The van der Waals surface area contributed by atoms with Crippen LogP contribution >= 0.6 is 0 Å². The molecule has 3 heterocycles. The third-order valence-electron chi connectivity index (χ3n) is 6.44. The van der Waals surface area contributed by atoms with Gasteiger partial charge in [-0.3, -0.25) is 9.36 Å². The summed E-state index contributed by atoms with van der Waals surface area (Å²) in [5.74, 6) is -0.0542. The lowest BCUT2D eigenvalue weighted by Crippen LogP contribution is -2.42. The van der Waals surface area contributed by atoms with E-state index in [4.69, 9.17) is 10.5 Å². The van der Waals surface area contributed by atoms with E-state index in [1.807, 2.05) is 36.4 Å². The van der Waals surface area contributed by atoms with Crippen molar-refractivity contribution in [3.63, 3.8) is 0 Å². The first kappa shape index (κ1) is 24.6. The summed E-state index contributed by atoms with van der Waals surface area (Å²) < 4.78 is 7.19. The second-order valence-corrected chi connectivity index (χ2v) is 8.83. The summed E-state index contributed by atoms with van der Waals surface area (Å²) in [7, 11) is 0. The average molecular weight is 504 g/mol. The maximum atomic E-state index is 12.3. The number of nitrogens with zero attached hydrogens (tertiary/aromatic N) is 4. The van der Waals surface area contributed by atoms with Gasteiger partial charge in [0.05, 0.1) is 6.33 Å². The molecule has 2 aromatic carbocycles. The minimum atomic E-state index is -1.41. The Morgan fingerprint density at radius 2 is 1.70 bits per heavy atom. The molecule has 0 radical (unpaired) electrons. The SMILES string of the molecule is CCNC(=O)[C@H]1O[C@@H](n2cnc3c(NCC(c4ccccc4)c4ccccc4)nc(N)nc32)[C@H](O)[C@@H]1O. The molecule has 37 heavy (non-hydrogen) atoms. The molecule has 2 aromatic heterocycles. The number of hydrogen-bond acceptors (Lipinski definition) is 9. The number of carbonyl (C=O) groups is 1. The fraction of sp³-hybridized carbons (Fsp3) is 0.308. The van der Waals surface area contributed by atoms with Crippen molar-refractivity contribution in [3.05, 3.63) is 78.1 Å². The van der Waals surface area contributed by atoms with E-state index in [1.54, 1.807) is 6.92 Å². The number of nitrogens with two attached hydrogens (primary N) is 1. The quantitative estimate of drug-likeness (QED) is 0.239. The highest BCUT2D eigenvalue weighted by Gasteiger charge is 2.47. The van der Waals surface area contributed by atoms with E-state index in [0.29, 0.717) is 30.1 Å². The number of amides is 1. The van der Waals surface area contributed by atoms with Crippen molar-refractivity contribution in [1.82, 2.24) is 24.8 Å². The smallest absolute Gasteiger partial charge is 0.252 e.